The van der Waals surface area contributed by atoms with E-state index in [1.54, 1.807) is 12.0 Å². The van der Waals surface area contributed by atoms with Crippen LogP contribution in [-0.4, -0.2) is 55.9 Å². The van der Waals surface area contributed by atoms with Gasteiger partial charge in [0.1, 0.15) is 0 Å². The molecule has 0 aliphatic carbocycles. The van der Waals surface area contributed by atoms with Crippen LogP contribution in [0.15, 0.2) is 0 Å². The van der Waals surface area contributed by atoms with Crippen molar-refractivity contribution in [3.8, 4) is 0 Å². The Kier molecular flexibility index (Phi) is 4.90. The first-order valence-corrected chi connectivity index (χ1v) is 7.03. The summed E-state index contributed by atoms with van der Waals surface area (Å²) in [6, 6.07) is -0.482. The Bertz CT molecular complexity index is 341. The van der Waals surface area contributed by atoms with Crippen LogP contribution in [0.25, 0.3) is 0 Å². The van der Waals surface area contributed by atoms with Gasteiger partial charge >= 0.3 is 6.18 Å². The summed E-state index contributed by atoms with van der Waals surface area (Å²) in [5.74, 6) is -1.42. The fourth-order valence-electron chi connectivity index (χ4n) is 2.90. The van der Waals surface area contributed by atoms with E-state index in [9.17, 15) is 18.0 Å². The summed E-state index contributed by atoms with van der Waals surface area (Å²) in [4.78, 5) is 14.0. The fourth-order valence-corrected chi connectivity index (χ4v) is 2.90. The second-order valence-electron chi connectivity index (χ2n) is 5.56. The summed E-state index contributed by atoms with van der Waals surface area (Å²) in [5, 5.41) is 2.75. The number of methoxy groups -OCH3 is 1. The number of rotatable bonds is 2. The van der Waals surface area contributed by atoms with Gasteiger partial charge < -0.3 is 15.0 Å². The maximum Gasteiger partial charge on any atom is 0.393 e. The zero-order chi connectivity index (χ0) is 14.8. The maximum absolute atomic E-state index is 12.6. The summed E-state index contributed by atoms with van der Waals surface area (Å²) in [7, 11) is 1.62. The lowest BCUT2D eigenvalue weighted by Crippen LogP contribution is -2.54. The summed E-state index contributed by atoms with van der Waals surface area (Å²) in [6.45, 7) is 1.04. The average Bonchev–Trinajstić information content (AvgIpc) is 2.46. The molecule has 0 bridgehead atoms. The maximum atomic E-state index is 12.6. The molecule has 1 amide bonds. The van der Waals surface area contributed by atoms with Crippen molar-refractivity contribution in [2.75, 3.05) is 26.7 Å². The van der Waals surface area contributed by atoms with Gasteiger partial charge in [-0.3, -0.25) is 4.79 Å². The molecule has 1 N–H and O–H groups in total. The smallest absolute Gasteiger partial charge is 0.380 e. The van der Waals surface area contributed by atoms with E-state index in [1.165, 1.54) is 0 Å². The van der Waals surface area contributed by atoms with Gasteiger partial charge in [-0.25, -0.2) is 0 Å². The van der Waals surface area contributed by atoms with Crippen molar-refractivity contribution >= 4 is 5.91 Å². The number of nitrogens with zero attached hydrogens (tertiary/aromatic N) is 1. The standard InChI is InChI=1S/C13H21F3N2O2/c1-20-10-3-2-6-18(8-10)12(19)11-5-4-9(7-17-11)13(14,15)16/h9-11,17H,2-8H2,1H3. The van der Waals surface area contributed by atoms with Crippen LogP contribution in [0.4, 0.5) is 13.2 Å². The van der Waals surface area contributed by atoms with E-state index in [0.717, 1.165) is 12.8 Å². The number of ether oxygens (including phenoxy) is 1. The number of hydrogen-bond acceptors (Lipinski definition) is 3. The van der Waals surface area contributed by atoms with Crippen LogP contribution < -0.4 is 5.32 Å². The molecular weight excluding hydrogens is 273 g/mol. The SMILES string of the molecule is COC1CCCN(C(=O)C2CCC(C(F)(F)F)CN2)C1. The summed E-state index contributed by atoms with van der Waals surface area (Å²) >= 11 is 0. The summed E-state index contributed by atoms with van der Waals surface area (Å²) in [6.07, 6.45) is -2.06. The van der Waals surface area contributed by atoms with Gasteiger partial charge in [-0.2, -0.15) is 13.2 Å². The first kappa shape index (κ1) is 15.6. The molecule has 7 heteroatoms. The molecule has 3 atom stereocenters. The molecular formula is C13H21F3N2O2. The van der Waals surface area contributed by atoms with Gasteiger partial charge in [-0.05, 0) is 25.7 Å². The van der Waals surface area contributed by atoms with E-state index in [4.69, 9.17) is 4.74 Å². The zero-order valence-corrected chi connectivity index (χ0v) is 11.6. The minimum atomic E-state index is -4.17. The molecule has 2 aliphatic heterocycles. The number of amides is 1. The second-order valence-corrected chi connectivity index (χ2v) is 5.56. The summed E-state index contributed by atoms with van der Waals surface area (Å²) in [5.41, 5.74) is 0. The second kappa shape index (κ2) is 6.30. The van der Waals surface area contributed by atoms with Crippen molar-refractivity contribution < 1.29 is 22.7 Å². The van der Waals surface area contributed by atoms with Crippen molar-refractivity contribution in [3.63, 3.8) is 0 Å². The molecule has 4 nitrogen and oxygen atoms in total. The number of carbonyl (C=O) groups is 1. The molecule has 0 aromatic carbocycles. The highest BCUT2D eigenvalue weighted by atomic mass is 19.4. The van der Waals surface area contributed by atoms with Crippen molar-refractivity contribution in [1.82, 2.24) is 10.2 Å². The molecule has 0 radical (unpaired) electrons. The average molecular weight is 294 g/mol. The van der Waals surface area contributed by atoms with Gasteiger partial charge in [0.25, 0.3) is 0 Å². The Balaban J connectivity index is 1.85. The number of hydrogen-bond donors (Lipinski definition) is 1. The number of piperidine rings is 2. The number of likely N-dealkylation sites (tertiary alicyclic amines) is 1. The lowest BCUT2D eigenvalue weighted by molar-refractivity contribution is -0.181. The van der Waals surface area contributed by atoms with Gasteiger partial charge in [0, 0.05) is 26.7 Å². The van der Waals surface area contributed by atoms with Gasteiger partial charge in [-0.1, -0.05) is 0 Å². The van der Waals surface area contributed by atoms with Gasteiger partial charge in [-0.15, -0.1) is 0 Å². The normalized spacial score (nSPS) is 32.2. The Hall–Kier alpha value is -0.820. The third kappa shape index (κ3) is 3.63. The van der Waals surface area contributed by atoms with Crippen LogP contribution in [0.2, 0.25) is 0 Å². The fraction of sp³-hybridized carbons (Fsp3) is 0.923. The third-order valence-corrected chi connectivity index (χ3v) is 4.20. The van der Waals surface area contributed by atoms with Crippen molar-refractivity contribution in [2.45, 2.75) is 44.0 Å². The van der Waals surface area contributed by atoms with Crippen LogP contribution in [0, 0.1) is 5.92 Å². The predicted octanol–water partition coefficient (Wildman–Crippen LogP) is 1.55. The quantitative estimate of drug-likeness (QED) is 0.840. The Morgan fingerprint density at radius 3 is 2.60 bits per heavy atom. The topological polar surface area (TPSA) is 41.6 Å². The molecule has 0 aromatic rings. The lowest BCUT2D eigenvalue weighted by Gasteiger charge is -2.37. The first-order valence-electron chi connectivity index (χ1n) is 7.03. The van der Waals surface area contributed by atoms with Gasteiger partial charge in [0.15, 0.2) is 0 Å². The minimum absolute atomic E-state index is 0.0223. The van der Waals surface area contributed by atoms with Gasteiger partial charge in [0.2, 0.25) is 5.91 Å². The van der Waals surface area contributed by atoms with E-state index in [2.05, 4.69) is 5.32 Å². The highest BCUT2D eigenvalue weighted by molar-refractivity contribution is 5.82. The molecule has 2 aliphatic rings. The Morgan fingerprint density at radius 2 is 2.05 bits per heavy atom. The van der Waals surface area contributed by atoms with Crippen molar-refractivity contribution in [2.24, 2.45) is 5.92 Å². The molecule has 2 rings (SSSR count). The lowest BCUT2D eigenvalue weighted by atomic mass is 9.93. The van der Waals surface area contributed by atoms with E-state index in [-0.39, 0.29) is 31.4 Å². The van der Waals surface area contributed by atoms with Crippen LogP contribution in [0.3, 0.4) is 0 Å². The highest BCUT2D eigenvalue weighted by Crippen LogP contribution is 2.32. The van der Waals surface area contributed by atoms with Crippen LogP contribution in [0.1, 0.15) is 25.7 Å². The molecule has 2 saturated heterocycles. The zero-order valence-electron chi connectivity index (χ0n) is 11.6. The molecule has 116 valence electrons. The molecule has 0 spiro atoms. The van der Waals surface area contributed by atoms with Crippen molar-refractivity contribution in [3.05, 3.63) is 0 Å². The largest absolute Gasteiger partial charge is 0.393 e. The Labute approximate surface area is 116 Å². The van der Waals surface area contributed by atoms with Crippen LogP contribution in [0.5, 0.6) is 0 Å². The van der Waals surface area contributed by atoms with E-state index >= 15 is 0 Å². The molecule has 2 heterocycles. The monoisotopic (exact) mass is 294 g/mol. The highest BCUT2D eigenvalue weighted by Gasteiger charge is 2.43. The molecule has 0 aromatic heterocycles. The predicted molar refractivity (Wildman–Crippen MR) is 67.2 cm³/mol. The number of carbonyl (C=O) groups excluding carboxylic acids is 1. The molecule has 2 fully saturated rings. The van der Waals surface area contributed by atoms with Crippen molar-refractivity contribution in [1.29, 1.82) is 0 Å². The third-order valence-electron chi connectivity index (χ3n) is 4.20. The van der Waals surface area contributed by atoms with Gasteiger partial charge in [0.05, 0.1) is 18.1 Å². The van der Waals surface area contributed by atoms with Crippen LogP contribution >= 0.6 is 0 Å². The first-order chi connectivity index (χ1) is 9.41. The summed E-state index contributed by atoms with van der Waals surface area (Å²) < 4.78 is 43.0. The molecule has 3 unspecified atom stereocenters. The number of alkyl halides is 3. The number of halogens is 3. The minimum Gasteiger partial charge on any atom is -0.380 e. The molecule has 20 heavy (non-hydrogen) atoms. The Morgan fingerprint density at radius 1 is 1.30 bits per heavy atom. The van der Waals surface area contributed by atoms with Crippen LogP contribution in [-0.2, 0) is 9.53 Å². The van der Waals surface area contributed by atoms with E-state index < -0.39 is 18.1 Å². The number of nitrogens with one attached hydrogen (secondary N) is 1. The van der Waals surface area contributed by atoms with E-state index in [1.807, 2.05) is 0 Å². The van der Waals surface area contributed by atoms with E-state index in [0.29, 0.717) is 13.1 Å². The molecule has 0 saturated carbocycles.